The minimum absolute atomic E-state index is 0.102. The fourth-order valence-electron chi connectivity index (χ4n) is 2.87. The van der Waals surface area contributed by atoms with Crippen LogP contribution in [0.25, 0.3) is 0 Å². The lowest BCUT2D eigenvalue weighted by Gasteiger charge is -2.17. The molecule has 0 aliphatic heterocycles. The monoisotopic (exact) mass is 259 g/mol. The minimum atomic E-state index is -0.102. The number of anilines is 2. The van der Waals surface area contributed by atoms with Gasteiger partial charge in [0.1, 0.15) is 0 Å². The maximum Gasteiger partial charge on any atom is 0.251 e. The van der Waals surface area contributed by atoms with Gasteiger partial charge in [0, 0.05) is 19.2 Å². The molecule has 0 atom stereocenters. The van der Waals surface area contributed by atoms with Crippen LogP contribution in [0.15, 0.2) is 18.2 Å². The van der Waals surface area contributed by atoms with Crippen molar-refractivity contribution in [1.29, 1.82) is 0 Å². The topological polar surface area (TPSA) is 67.2 Å². The van der Waals surface area contributed by atoms with E-state index in [9.17, 15) is 4.79 Å². The summed E-state index contributed by atoms with van der Waals surface area (Å²) in [5.41, 5.74) is 8.76. The molecule has 2 aliphatic rings. The zero-order valence-corrected chi connectivity index (χ0v) is 11.3. The van der Waals surface area contributed by atoms with Crippen molar-refractivity contribution < 1.29 is 4.79 Å². The van der Waals surface area contributed by atoms with E-state index in [1.165, 1.54) is 25.7 Å². The molecule has 0 radical (unpaired) electrons. The summed E-state index contributed by atoms with van der Waals surface area (Å²) in [6.45, 7) is 1.02. The van der Waals surface area contributed by atoms with Crippen LogP contribution in [-0.2, 0) is 0 Å². The first-order chi connectivity index (χ1) is 9.14. The highest BCUT2D eigenvalue weighted by atomic mass is 16.1. The zero-order chi connectivity index (χ0) is 13.5. The normalized spacial score (nSPS) is 19.8. The third-order valence-corrected chi connectivity index (χ3v) is 4.51. The van der Waals surface area contributed by atoms with Crippen molar-refractivity contribution in [2.24, 2.45) is 11.3 Å². The summed E-state index contributed by atoms with van der Waals surface area (Å²) in [5.74, 6) is 0.835. The molecule has 0 heterocycles. The maximum atomic E-state index is 11.5. The molecule has 0 saturated heterocycles. The molecule has 1 aromatic carbocycles. The highest BCUT2D eigenvalue weighted by Gasteiger charge is 2.53. The summed E-state index contributed by atoms with van der Waals surface area (Å²) in [6, 6.07) is 5.45. The Kier molecular flexibility index (Phi) is 2.88. The summed E-state index contributed by atoms with van der Waals surface area (Å²) < 4.78 is 0. The Balaban J connectivity index is 1.66. The number of nitrogens with two attached hydrogens (primary N) is 1. The van der Waals surface area contributed by atoms with Crippen molar-refractivity contribution in [3.05, 3.63) is 23.8 Å². The van der Waals surface area contributed by atoms with Crippen LogP contribution in [0.2, 0.25) is 0 Å². The quantitative estimate of drug-likeness (QED) is 0.710. The van der Waals surface area contributed by atoms with Crippen molar-refractivity contribution in [2.45, 2.75) is 25.7 Å². The van der Waals surface area contributed by atoms with E-state index in [0.29, 0.717) is 16.7 Å². The molecule has 4 N–H and O–H groups in total. The number of carbonyl (C=O) groups is 1. The molecule has 4 nitrogen and oxygen atoms in total. The molecular formula is C15H21N3O. The average molecular weight is 259 g/mol. The van der Waals surface area contributed by atoms with Gasteiger partial charge in [-0.3, -0.25) is 4.79 Å². The van der Waals surface area contributed by atoms with E-state index in [4.69, 9.17) is 5.73 Å². The highest BCUT2D eigenvalue weighted by molar-refractivity contribution is 5.95. The SMILES string of the molecule is CNC(=O)c1ccc(NCC2(C3CC3)CC2)c(N)c1. The van der Waals surface area contributed by atoms with E-state index < -0.39 is 0 Å². The van der Waals surface area contributed by atoms with Crippen LogP contribution in [0.3, 0.4) is 0 Å². The summed E-state index contributed by atoms with van der Waals surface area (Å²) >= 11 is 0. The Bertz CT molecular complexity index is 504. The smallest absolute Gasteiger partial charge is 0.251 e. The molecule has 3 rings (SSSR count). The van der Waals surface area contributed by atoms with E-state index >= 15 is 0 Å². The standard InChI is InChI=1S/C15H21N3O/c1-17-14(19)10-2-5-13(12(16)8-10)18-9-15(6-7-15)11-3-4-11/h2,5,8,11,18H,3-4,6-7,9,16H2,1H3,(H,17,19). The maximum absolute atomic E-state index is 11.5. The van der Waals surface area contributed by atoms with E-state index in [1.807, 2.05) is 12.1 Å². The number of nitrogen functional groups attached to an aromatic ring is 1. The molecule has 0 unspecified atom stereocenters. The fourth-order valence-corrected chi connectivity index (χ4v) is 2.87. The number of hydrogen-bond acceptors (Lipinski definition) is 3. The van der Waals surface area contributed by atoms with Crippen LogP contribution in [0.4, 0.5) is 11.4 Å². The number of rotatable bonds is 5. The lowest BCUT2D eigenvalue weighted by molar-refractivity contribution is 0.0963. The summed E-state index contributed by atoms with van der Waals surface area (Å²) in [4.78, 5) is 11.5. The predicted molar refractivity (Wildman–Crippen MR) is 77.1 cm³/mol. The first-order valence-corrected chi connectivity index (χ1v) is 7.00. The van der Waals surface area contributed by atoms with Gasteiger partial charge >= 0.3 is 0 Å². The van der Waals surface area contributed by atoms with Crippen molar-refractivity contribution in [3.63, 3.8) is 0 Å². The minimum Gasteiger partial charge on any atom is -0.397 e. The van der Waals surface area contributed by atoms with Gasteiger partial charge in [-0.05, 0) is 55.2 Å². The summed E-state index contributed by atoms with van der Waals surface area (Å²) in [7, 11) is 1.62. The lowest BCUT2D eigenvalue weighted by atomic mass is 10.0. The van der Waals surface area contributed by atoms with Crippen LogP contribution >= 0.6 is 0 Å². The van der Waals surface area contributed by atoms with Crippen LogP contribution in [-0.4, -0.2) is 19.5 Å². The Morgan fingerprint density at radius 3 is 2.68 bits per heavy atom. The van der Waals surface area contributed by atoms with Gasteiger partial charge in [-0.2, -0.15) is 0 Å². The van der Waals surface area contributed by atoms with Gasteiger partial charge in [0.15, 0.2) is 0 Å². The van der Waals surface area contributed by atoms with Gasteiger partial charge in [0.25, 0.3) is 5.91 Å². The molecule has 0 bridgehead atoms. The summed E-state index contributed by atoms with van der Waals surface area (Å²) in [5, 5.41) is 6.07. The van der Waals surface area contributed by atoms with Crippen LogP contribution in [0, 0.1) is 11.3 Å². The predicted octanol–water partition coefficient (Wildman–Crippen LogP) is 2.23. The highest BCUT2D eigenvalue weighted by Crippen LogP contribution is 2.61. The molecule has 2 fully saturated rings. The van der Waals surface area contributed by atoms with Crippen LogP contribution < -0.4 is 16.4 Å². The largest absolute Gasteiger partial charge is 0.397 e. The first-order valence-electron chi connectivity index (χ1n) is 7.00. The summed E-state index contributed by atoms with van der Waals surface area (Å²) in [6.07, 6.45) is 5.49. The molecule has 2 aliphatic carbocycles. The lowest BCUT2D eigenvalue weighted by Crippen LogP contribution is -2.19. The van der Waals surface area contributed by atoms with Gasteiger partial charge in [-0.15, -0.1) is 0 Å². The van der Waals surface area contributed by atoms with Gasteiger partial charge in [-0.1, -0.05) is 0 Å². The van der Waals surface area contributed by atoms with Crippen molar-refractivity contribution >= 4 is 17.3 Å². The number of hydrogen-bond donors (Lipinski definition) is 3. The first kappa shape index (κ1) is 12.3. The molecular weight excluding hydrogens is 238 g/mol. The van der Waals surface area contributed by atoms with Crippen molar-refractivity contribution in [1.82, 2.24) is 5.32 Å². The van der Waals surface area contributed by atoms with E-state index in [2.05, 4.69) is 10.6 Å². The van der Waals surface area contributed by atoms with Crippen molar-refractivity contribution in [3.8, 4) is 0 Å². The van der Waals surface area contributed by atoms with Crippen LogP contribution in [0.5, 0.6) is 0 Å². The Morgan fingerprint density at radius 2 is 2.16 bits per heavy atom. The third-order valence-electron chi connectivity index (χ3n) is 4.51. The van der Waals surface area contributed by atoms with E-state index in [0.717, 1.165) is 18.2 Å². The Morgan fingerprint density at radius 1 is 1.42 bits per heavy atom. The second-order valence-electron chi connectivity index (χ2n) is 5.87. The molecule has 1 amide bonds. The number of amides is 1. The molecule has 0 spiro atoms. The molecule has 1 aromatic rings. The number of nitrogens with one attached hydrogen (secondary N) is 2. The van der Waals surface area contributed by atoms with Gasteiger partial charge in [0.2, 0.25) is 0 Å². The zero-order valence-electron chi connectivity index (χ0n) is 11.3. The second kappa shape index (κ2) is 4.44. The van der Waals surface area contributed by atoms with Crippen molar-refractivity contribution in [2.75, 3.05) is 24.6 Å². The third kappa shape index (κ3) is 2.39. The second-order valence-corrected chi connectivity index (χ2v) is 5.87. The fraction of sp³-hybridized carbons (Fsp3) is 0.533. The average Bonchev–Trinajstić information content (AvgIpc) is 3.28. The number of carbonyl (C=O) groups excluding carboxylic acids is 1. The number of benzene rings is 1. The van der Waals surface area contributed by atoms with Gasteiger partial charge in [-0.25, -0.2) is 0 Å². The van der Waals surface area contributed by atoms with Gasteiger partial charge in [0.05, 0.1) is 11.4 Å². The molecule has 2 saturated carbocycles. The van der Waals surface area contributed by atoms with Gasteiger partial charge < -0.3 is 16.4 Å². The molecule has 4 heteroatoms. The molecule has 102 valence electrons. The Labute approximate surface area is 113 Å². The van der Waals surface area contributed by atoms with Crippen LogP contribution in [0.1, 0.15) is 36.0 Å². The molecule has 0 aromatic heterocycles. The molecule has 19 heavy (non-hydrogen) atoms. The van der Waals surface area contributed by atoms with E-state index in [1.54, 1.807) is 13.1 Å². The Hall–Kier alpha value is -1.71. The van der Waals surface area contributed by atoms with E-state index in [-0.39, 0.29) is 5.91 Å².